The van der Waals surface area contributed by atoms with Crippen molar-refractivity contribution in [3.8, 4) is 0 Å². The summed E-state index contributed by atoms with van der Waals surface area (Å²) in [6.07, 6.45) is 0. The molecule has 3 rings (SSSR count). The van der Waals surface area contributed by atoms with Crippen LogP contribution < -0.4 is 10.0 Å². The molecule has 0 heterocycles. The van der Waals surface area contributed by atoms with Crippen molar-refractivity contribution in [2.75, 3.05) is 10.0 Å². The summed E-state index contributed by atoms with van der Waals surface area (Å²) < 4.78 is 27.6. The molecule has 1 amide bonds. The summed E-state index contributed by atoms with van der Waals surface area (Å²) in [4.78, 5) is 23.3. The number of hydrogen-bond donors (Lipinski definition) is 2. The number of amides is 1. The van der Waals surface area contributed by atoms with Gasteiger partial charge in [-0.3, -0.25) is 19.6 Å². The average molecular weight is 411 g/mol. The number of sulfonamides is 1. The molecule has 0 bridgehead atoms. The third-order valence-electron chi connectivity index (χ3n) is 4.15. The molecule has 0 unspecified atom stereocenters. The number of hydrogen-bond acceptors (Lipinski definition) is 5. The van der Waals surface area contributed by atoms with Gasteiger partial charge in [0.25, 0.3) is 21.6 Å². The van der Waals surface area contributed by atoms with Gasteiger partial charge in [0.05, 0.1) is 26.8 Å². The zero-order valence-corrected chi connectivity index (χ0v) is 16.1. The first kappa shape index (κ1) is 20.0. The number of rotatable bonds is 6. The number of aryl methyl sites for hydroxylation is 1. The number of carbonyl (C=O) groups excluding carboxylic acids is 1. The summed E-state index contributed by atoms with van der Waals surface area (Å²) in [5.74, 6) is -0.597. The maximum absolute atomic E-state index is 12.8. The van der Waals surface area contributed by atoms with E-state index in [9.17, 15) is 23.3 Å². The number of carbonyl (C=O) groups is 1. The van der Waals surface area contributed by atoms with E-state index in [0.717, 1.165) is 0 Å². The number of nitro groups is 1. The highest BCUT2D eigenvalue weighted by Gasteiger charge is 2.19. The van der Waals surface area contributed by atoms with Gasteiger partial charge in [-0.05, 0) is 36.8 Å². The number of anilines is 2. The van der Waals surface area contributed by atoms with Crippen molar-refractivity contribution in [3.63, 3.8) is 0 Å². The minimum absolute atomic E-state index is 0.0599. The van der Waals surface area contributed by atoms with Gasteiger partial charge in [0, 0.05) is 12.1 Å². The van der Waals surface area contributed by atoms with Crippen molar-refractivity contribution in [2.45, 2.75) is 11.8 Å². The van der Waals surface area contributed by atoms with Crippen LogP contribution in [0, 0.1) is 17.0 Å². The van der Waals surface area contributed by atoms with E-state index in [2.05, 4.69) is 10.0 Å². The molecule has 3 aromatic rings. The average Bonchev–Trinajstić information content (AvgIpc) is 2.70. The van der Waals surface area contributed by atoms with Crippen molar-refractivity contribution in [1.82, 2.24) is 0 Å². The molecular weight excluding hydrogens is 394 g/mol. The van der Waals surface area contributed by atoms with Gasteiger partial charge in [-0.15, -0.1) is 0 Å². The van der Waals surface area contributed by atoms with Crippen molar-refractivity contribution in [3.05, 3.63) is 94.0 Å². The zero-order valence-electron chi connectivity index (χ0n) is 15.3. The second-order valence-electron chi connectivity index (χ2n) is 6.17. The molecule has 0 saturated heterocycles. The molecule has 0 aliphatic carbocycles. The Bertz CT molecular complexity index is 1180. The molecule has 0 fully saturated rings. The predicted molar refractivity (Wildman–Crippen MR) is 109 cm³/mol. The highest BCUT2D eigenvalue weighted by atomic mass is 32.2. The number of benzene rings is 3. The Balaban J connectivity index is 1.90. The standard InChI is InChI=1S/C20H17N3O5S/c1-14-11-12-15(23(25)26)13-19(14)21-20(24)17-9-5-6-10-18(17)22-29(27,28)16-7-3-2-4-8-16/h2-13,22H,1H3,(H,21,24). The topological polar surface area (TPSA) is 118 Å². The molecular formula is C20H17N3O5S. The first-order valence-corrected chi connectivity index (χ1v) is 9.99. The van der Waals surface area contributed by atoms with Crippen LogP contribution in [0.25, 0.3) is 0 Å². The molecule has 8 nitrogen and oxygen atoms in total. The van der Waals surface area contributed by atoms with Crippen LogP contribution in [0.15, 0.2) is 77.7 Å². The number of non-ortho nitro benzene ring substituents is 1. The number of nitrogens with zero attached hydrogens (tertiary/aromatic N) is 1. The second kappa shape index (κ2) is 8.11. The molecule has 0 spiro atoms. The summed E-state index contributed by atoms with van der Waals surface area (Å²) in [5.41, 5.74) is 0.912. The Morgan fingerprint density at radius 3 is 2.28 bits per heavy atom. The van der Waals surface area contributed by atoms with E-state index in [1.165, 1.54) is 42.5 Å². The van der Waals surface area contributed by atoms with Gasteiger partial charge >= 0.3 is 0 Å². The number of nitro benzene ring substituents is 1. The summed E-state index contributed by atoms with van der Waals surface area (Å²) in [6.45, 7) is 1.70. The lowest BCUT2D eigenvalue weighted by Crippen LogP contribution is -2.19. The fraction of sp³-hybridized carbons (Fsp3) is 0.0500. The Hall–Kier alpha value is -3.72. The summed E-state index contributed by atoms with van der Waals surface area (Å²) in [7, 11) is -3.89. The van der Waals surface area contributed by atoms with Crippen molar-refractivity contribution in [1.29, 1.82) is 0 Å². The lowest BCUT2D eigenvalue weighted by Gasteiger charge is -2.13. The van der Waals surface area contributed by atoms with Crippen LogP contribution >= 0.6 is 0 Å². The zero-order chi connectivity index (χ0) is 21.0. The van der Waals surface area contributed by atoms with Crippen LogP contribution in [-0.2, 0) is 10.0 Å². The molecule has 2 N–H and O–H groups in total. The number of para-hydroxylation sites is 1. The third kappa shape index (κ3) is 4.58. The van der Waals surface area contributed by atoms with E-state index in [1.54, 1.807) is 37.3 Å². The van der Waals surface area contributed by atoms with Crippen molar-refractivity contribution < 1.29 is 18.1 Å². The molecule has 0 saturated carbocycles. The monoisotopic (exact) mass is 411 g/mol. The Kier molecular flexibility index (Phi) is 5.60. The normalized spacial score (nSPS) is 10.9. The van der Waals surface area contributed by atoms with Gasteiger partial charge in [0.2, 0.25) is 0 Å². The van der Waals surface area contributed by atoms with Crippen molar-refractivity contribution in [2.24, 2.45) is 0 Å². The van der Waals surface area contributed by atoms with Crippen molar-refractivity contribution >= 4 is 33.0 Å². The molecule has 29 heavy (non-hydrogen) atoms. The molecule has 0 aromatic heterocycles. The molecule has 0 aliphatic rings. The fourth-order valence-electron chi connectivity index (χ4n) is 2.62. The number of nitrogens with one attached hydrogen (secondary N) is 2. The maximum Gasteiger partial charge on any atom is 0.271 e. The highest BCUT2D eigenvalue weighted by molar-refractivity contribution is 7.92. The first-order chi connectivity index (χ1) is 13.8. The Morgan fingerprint density at radius 2 is 1.59 bits per heavy atom. The van der Waals surface area contributed by atoms with E-state index < -0.39 is 20.9 Å². The fourth-order valence-corrected chi connectivity index (χ4v) is 3.72. The Morgan fingerprint density at radius 1 is 0.931 bits per heavy atom. The van der Waals surface area contributed by atoms with E-state index in [1.807, 2.05) is 0 Å². The summed E-state index contributed by atoms with van der Waals surface area (Å²) >= 11 is 0. The van der Waals surface area contributed by atoms with Crippen LogP contribution in [0.1, 0.15) is 15.9 Å². The van der Waals surface area contributed by atoms with E-state index in [4.69, 9.17) is 0 Å². The molecule has 9 heteroatoms. The lowest BCUT2D eigenvalue weighted by atomic mass is 10.1. The molecule has 0 radical (unpaired) electrons. The van der Waals surface area contributed by atoms with Gasteiger partial charge < -0.3 is 5.32 Å². The quantitative estimate of drug-likeness (QED) is 0.470. The Labute approximate surface area is 167 Å². The highest BCUT2D eigenvalue weighted by Crippen LogP contribution is 2.25. The van der Waals surface area contributed by atoms with Crippen LogP contribution in [0.3, 0.4) is 0 Å². The third-order valence-corrected chi connectivity index (χ3v) is 5.53. The molecule has 148 valence electrons. The van der Waals surface area contributed by atoms with Crippen LogP contribution in [0.4, 0.5) is 17.1 Å². The van der Waals surface area contributed by atoms with E-state index in [-0.39, 0.29) is 27.5 Å². The van der Waals surface area contributed by atoms with Gasteiger partial charge in [0.1, 0.15) is 0 Å². The largest absolute Gasteiger partial charge is 0.321 e. The summed E-state index contributed by atoms with van der Waals surface area (Å²) in [5, 5.41) is 13.6. The second-order valence-corrected chi connectivity index (χ2v) is 7.86. The van der Waals surface area contributed by atoms with Gasteiger partial charge in [-0.2, -0.15) is 0 Å². The van der Waals surface area contributed by atoms with E-state index in [0.29, 0.717) is 5.56 Å². The molecule has 0 aliphatic heterocycles. The first-order valence-electron chi connectivity index (χ1n) is 8.51. The maximum atomic E-state index is 12.8. The van der Waals surface area contributed by atoms with Crippen LogP contribution in [-0.4, -0.2) is 19.2 Å². The van der Waals surface area contributed by atoms with Gasteiger partial charge in [0.15, 0.2) is 0 Å². The van der Waals surface area contributed by atoms with Crippen LogP contribution in [0.5, 0.6) is 0 Å². The van der Waals surface area contributed by atoms with Crippen LogP contribution in [0.2, 0.25) is 0 Å². The minimum Gasteiger partial charge on any atom is -0.321 e. The van der Waals surface area contributed by atoms with E-state index >= 15 is 0 Å². The smallest absolute Gasteiger partial charge is 0.271 e. The minimum atomic E-state index is -3.89. The van der Waals surface area contributed by atoms with Gasteiger partial charge in [-0.1, -0.05) is 36.4 Å². The SMILES string of the molecule is Cc1ccc([N+](=O)[O-])cc1NC(=O)c1ccccc1NS(=O)(=O)c1ccccc1. The predicted octanol–water partition coefficient (Wildman–Crippen LogP) is 3.96. The molecule has 0 atom stereocenters. The lowest BCUT2D eigenvalue weighted by molar-refractivity contribution is -0.384. The van der Waals surface area contributed by atoms with Gasteiger partial charge in [-0.25, -0.2) is 8.42 Å². The molecule has 3 aromatic carbocycles. The summed E-state index contributed by atoms with van der Waals surface area (Å²) in [6, 6.07) is 18.0.